The van der Waals surface area contributed by atoms with Gasteiger partial charge in [0.1, 0.15) is 5.82 Å². The van der Waals surface area contributed by atoms with Crippen molar-refractivity contribution in [2.24, 2.45) is 11.7 Å². The van der Waals surface area contributed by atoms with Crippen LogP contribution in [-0.4, -0.2) is 81.5 Å². The van der Waals surface area contributed by atoms with Gasteiger partial charge in [0.05, 0.1) is 18.6 Å². The lowest BCUT2D eigenvalue weighted by atomic mass is 9.75. The van der Waals surface area contributed by atoms with Gasteiger partial charge in [0.25, 0.3) is 0 Å². The molecular formula is C32H40ClF4N4O4S-. The fourth-order valence-corrected chi connectivity index (χ4v) is 7.72. The monoisotopic (exact) mass is 687 g/mol. The zero-order chi connectivity index (χ0) is 33.0. The number of piperazine rings is 1. The molecule has 4 N–H and O–H groups in total. The van der Waals surface area contributed by atoms with E-state index in [-0.39, 0.29) is 36.8 Å². The summed E-state index contributed by atoms with van der Waals surface area (Å²) in [6.07, 6.45) is -3.59. The van der Waals surface area contributed by atoms with Gasteiger partial charge in [-0.15, -0.1) is 0 Å². The second-order valence-corrected chi connectivity index (χ2v) is 14.0. The molecule has 46 heavy (non-hydrogen) atoms. The van der Waals surface area contributed by atoms with Crippen molar-refractivity contribution >= 4 is 34.3 Å². The third kappa shape index (κ3) is 9.27. The summed E-state index contributed by atoms with van der Waals surface area (Å²) >= 11 is 4.06. The predicted octanol–water partition coefficient (Wildman–Crippen LogP) is 4.89. The Labute approximate surface area is 274 Å². The first-order valence-corrected chi connectivity index (χ1v) is 17.3. The third-order valence-electron chi connectivity index (χ3n) is 9.49. The quantitative estimate of drug-likeness (QED) is 0.156. The summed E-state index contributed by atoms with van der Waals surface area (Å²) in [5.41, 5.74) is 7.95. The number of benzene rings is 2. The maximum Gasteiger partial charge on any atom is 0.391 e. The molecule has 2 aromatic rings. The highest BCUT2D eigenvalue weighted by molar-refractivity contribution is 7.79. The maximum absolute atomic E-state index is 15.2. The molecule has 0 bridgehead atoms. The number of hydrogen-bond acceptors (Lipinski definition) is 7. The molecule has 3 aliphatic heterocycles. The van der Waals surface area contributed by atoms with Crippen molar-refractivity contribution in [2.45, 2.75) is 87.3 Å². The summed E-state index contributed by atoms with van der Waals surface area (Å²) in [6.45, 7) is 1.75. The van der Waals surface area contributed by atoms with Gasteiger partial charge in [0, 0.05) is 65.8 Å². The van der Waals surface area contributed by atoms with E-state index >= 15 is 4.39 Å². The average molecular weight is 688 g/mol. The summed E-state index contributed by atoms with van der Waals surface area (Å²) in [7, 11) is 0. The summed E-state index contributed by atoms with van der Waals surface area (Å²) in [5, 5.41) is 6.84. The molecule has 0 radical (unpaired) electrons. The van der Waals surface area contributed by atoms with Crippen molar-refractivity contribution in [1.82, 2.24) is 10.2 Å². The van der Waals surface area contributed by atoms with Crippen LogP contribution in [0.1, 0.15) is 55.6 Å². The average Bonchev–Trinajstić information content (AvgIpc) is 3.80. The number of ether oxygens (including phenoxy) is 1. The van der Waals surface area contributed by atoms with Crippen molar-refractivity contribution < 1.29 is 35.9 Å². The van der Waals surface area contributed by atoms with Gasteiger partial charge in [0.2, 0.25) is 5.91 Å². The molecule has 3 heterocycles. The standard InChI is InChI=1S/C32H41ClF4N4O4S/c33-21-8-6-19(7-9-21)29(20-12-13-45-23(15-20)16-32(35,36)37)30(38)31(42)40-26-5-1-4-25(34)24(26)10-11-27-28-18-41(28)22(17-39-27)3-2-14-46(43)44/h1,4-9,20,22-23,27-30,39H,2-3,10-18,38H2,(H,40,42)(H,43,44)/p-1. The number of carbonyl (C=O) groups excluding carboxylic acids is 1. The summed E-state index contributed by atoms with van der Waals surface area (Å²) in [5.74, 6) is -1.84. The Balaban J connectivity index is 1.25. The number of fused-ring (bicyclic) bond motifs is 1. The fourth-order valence-electron chi connectivity index (χ4n) is 7.19. The smallest absolute Gasteiger partial charge is 0.391 e. The van der Waals surface area contributed by atoms with Crippen molar-refractivity contribution in [3.05, 3.63) is 64.4 Å². The molecule has 0 saturated carbocycles. The van der Waals surface area contributed by atoms with Crippen LogP contribution in [-0.2, 0) is 27.0 Å². The number of hydrogen-bond donors (Lipinski definition) is 3. The van der Waals surface area contributed by atoms with E-state index in [1.807, 2.05) is 0 Å². The van der Waals surface area contributed by atoms with E-state index in [1.165, 1.54) is 12.1 Å². The van der Waals surface area contributed by atoms with Gasteiger partial charge >= 0.3 is 6.18 Å². The number of carbonyl (C=O) groups is 1. The van der Waals surface area contributed by atoms with Crippen LogP contribution in [0.5, 0.6) is 0 Å². The number of nitrogens with zero attached hydrogens (tertiary/aromatic N) is 1. The Hall–Kier alpha value is -2.13. The number of amides is 1. The van der Waals surface area contributed by atoms with Crippen LogP contribution in [0, 0.1) is 11.7 Å². The number of nitrogens with two attached hydrogens (primary N) is 1. The van der Waals surface area contributed by atoms with Crippen LogP contribution >= 0.6 is 11.6 Å². The molecule has 3 aliphatic rings. The van der Waals surface area contributed by atoms with Crippen LogP contribution in [0.25, 0.3) is 0 Å². The second-order valence-electron chi connectivity index (χ2n) is 12.6. The van der Waals surface area contributed by atoms with Crippen molar-refractivity contribution in [1.29, 1.82) is 0 Å². The topological polar surface area (TPSA) is 120 Å². The molecule has 2 aromatic carbocycles. The molecule has 0 spiro atoms. The van der Waals surface area contributed by atoms with Crippen LogP contribution < -0.4 is 16.4 Å². The van der Waals surface area contributed by atoms with Crippen LogP contribution in [0.3, 0.4) is 0 Å². The molecule has 9 atom stereocenters. The van der Waals surface area contributed by atoms with Gasteiger partial charge in [-0.25, -0.2) is 4.39 Å². The molecule has 1 amide bonds. The van der Waals surface area contributed by atoms with Gasteiger partial charge in [0.15, 0.2) is 0 Å². The highest BCUT2D eigenvalue weighted by atomic mass is 35.5. The number of alkyl halides is 3. The van der Waals surface area contributed by atoms with Gasteiger partial charge in [-0.05, 0) is 74.3 Å². The lowest BCUT2D eigenvalue weighted by molar-refractivity contribution is -0.169. The second kappa shape index (κ2) is 15.4. The number of rotatable bonds is 13. The van der Waals surface area contributed by atoms with E-state index in [9.17, 15) is 26.7 Å². The molecule has 0 aliphatic carbocycles. The zero-order valence-electron chi connectivity index (χ0n) is 25.3. The Bertz CT molecular complexity index is 1370. The van der Waals surface area contributed by atoms with Crippen molar-refractivity contribution in [2.75, 3.05) is 30.8 Å². The lowest BCUT2D eigenvalue weighted by Gasteiger charge is -2.37. The molecule has 0 aromatic heterocycles. The Morgan fingerprint density at radius 3 is 2.70 bits per heavy atom. The van der Waals surface area contributed by atoms with E-state index in [0.717, 1.165) is 19.5 Å². The molecule has 3 fully saturated rings. The normalized spacial score (nSPS) is 28.2. The largest absolute Gasteiger partial charge is 0.772 e. The predicted molar refractivity (Wildman–Crippen MR) is 168 cm³/mol. The Morgan fingerprint density at radius 2 is 1.98 bits per heavy atom. The van der Waals surface area contributed by atoms with Gasteiger partial charge in [-0.3, -0.25) is 13.9 Å². The van der Waals surface area contributed by atoms with Crippen molar-refractivity contribution in [3.63, 3.8) is 0 Å². The molecule has 3 saturated heterocycles. The summed E-state index contributed by atoms with van der Waals surface area (Å²) < 4.78 is 81.9. The Morgan fingerprint density at radius 1 is 1.22 bits per heavy atom. The van der Waals surface area contributed by atoms with E-state index in [1.54, 1.807) is 30.3 Å². The third-order valence-corrected chi connectivity index (χ3v) is 10.4. The summed E-state index contributed by atoms with van der Waals surface area (Å²) in [6, 6.07) is 10.8. The molecule has 8 nitrogen and oxygen atoms in total. The van der Waals surface area contributed by atoms with Gasteiger partial charge in [-0.2, -0.15) is 13.2 Å². The first-order chi connectivity index (χ1) is 21.9. The first-order valence-electron chi connectivity index (χ1n) is 15.7. The Kier molecular flexibility index (Phi) is 11.8. The molecule has 9 unspecified atom stereocenters. The first kappa shape index (κ1) is 35.2. The van der Waals surface area contributed by atoms with Crippen LogP contribution in [0.4, 0.5) is 23.2 Å². The van der Waals surface area contributed by atoms with E-state index < -0.39 is 53.5 Å². The summed E-state index contributed by atoms with van der Waals surface area (Å²) in [4.78, 5) is 16.0. The van der Waals surface area contributed by atoms with Crippen molar-refractivity contribution in [3.8, 4) is 0 Å². The zero-order valence-corrected chi connectivity index (χ0v) is 26.9. The highest BCUT2D eigenvalue weighted by Crippen LogP contribution is 2.40. The fraction of sp³-hybridized carbons (Fsp3) is 0.594. The molecule has 14 heteroatoms. The number of nitrogens with one attached hydrogen (secondary N) is 2. The van der Waals surface area contributed by atoms with Crippen LogP contribution in [0.15, 0.2) is 42.5 Å². The number of anilines is 1. The van der Waals surface area contributed by atoms with Gasteiger partial charge in [-0.1, -0.05) is 40.9 Å². The minimum absolute atomic E-state index is 0.0879. The molecule has 5 rings (SSSR count). The maximum atomic E-state index is 15.2. The van der Waals surface area contributed by atoms with E-state index in [0.29, 0.717) is 53.6 Å². The highest BCUT2D eigenvalue weighted by Gasteiger charge is 2.47. The molecular weight excluding hydrogens is 648 g/mol. The number of halogens is 5. The molecule has 254 valence electrons. The van der Waals surface area contributed by atoms with Gasteiger partial charge < -0.3 is 25.7 Å². The van der Waals surface area contributed by atoms with Crippen LogP contribution in [0.2, 0.25) is 5.02 Å². The minimum Gasteiger partial charge on any atom is -0.772 e. The SMILES string of the molecule is NC(C(=O)Nc1cccc(F)c1CCC1NCC(CCCS(=O)[O-])N2CC12)C(c1ccc(Cl)cc1)C1CCOC(CC(F)(F)F)C1. The minimum atomic E-state index is -4.39. The lowest BCUT2D eigenvalue weighted by Crippen LogP contribution is -2.49. The van der Waals surface area contributed by atoms with E-state index in [4.69, 9.17) is 22.1 Å². The van der Waals surface area contributed by atoms with E-state index in [2.05, 4.69) is 15.5 Å².